The van der Waals surface area contributed by atoms with Gasteiger partial charge >= 0.3 is 6.03 Å². The zero-order valence-electron chi connectivity index (χ0n) is 9.38. The molecule has 0 saturated heterocycles. The third kappa shape index (κ3) is 4.04. The molecule has 96 valence electrons. The molecule has 0 heterocycles. The number of nitrogens with one attached hydrogen (secondary N) is 2. The van der Waals surface area contributed by atoms with Crippen LogP contribution in [0.25, 0.3) is 0 Å². The van der Waals surface area contributed by atoms with Gasteiger partial charge < -0.3 is 11.1 Å². The zero-order valence-corrected chi connectivity index (χ0v) is 10.2. The van der Waals surface area contributed by atoms with Crippen LogP contribution in [0.3, 0.4) is 0 Å². The van der Waals surface area contributed by atoms with Crippen LogP contribution in [0.4, 0.5) is 4.79 Å². The molecule has 0 radical (unpaired) electrons. The van der Waals surface area contributed by atoms with Crippen LogP contribution in [0, 0.1) is 11.3 Å². The topological polar surface area (TPSA) is 125 Å². The number of nitriles is 1. The van der Waals surface area contributed by atoms with Gasteiger partial charge in [0.15, 0.2) is 0 Å². The summed E-state index contributed by atoms with van der Waals surface area (Å²) in [7, 11) is -3.68. The van der Waals surface area contributed by atoms with Crippen molar-refractivity contribution in [3.8, 4) is 6.07 Å². The molecule has 7 nitrogen and oxygen atoms in total. The van der Waals surface area contributed by atoms with Crippen LogP contribution in [0.2, 0.25) is 0 Å². The van der Waals surface area contributed by atoms with Gasteiger partial charge in [0, 0.05) is 13.1 Å². The Bertz CT molecular complexity index is 577. The highest BCUT2D eigenvalue weighted by atomic mass is 32.2. The van der Waals surface area contributed by atoms with Crippen molar-refractivity contribution in [2.24, 2.45) is 5.73 Å². The SMILES string of the molecule is N#Cc1cccc(S(=O)(=O)NCCNC(N)=O)c1. The van der Waals surface area contributed by atoms with Crippen LogP contribution in [-0.2, 0) is 10.0 Å². The number of benzene rings is 1. The van der Waals surface area contributed by atoms with E-state index in [9.17, 15) is 13.2 Å². The predicted octanol–water partition coefficient (Wildman–Crippen LogP) is -0.495. The predicted molar refractivity (Wildman–Crippen MR) is 63.9 cm³/mol. The number of urea groups is 1. The molecule has 8 heteroatoms. The molecule has 0 aliphatic heterocycles. The van der Waals surface area contributed by atoms with Crippen molar-refractivity contribution in [3.63, 3.8) is 0 Å². The molecular weight excluding hydrogens is 256 g/mol. The Balaban J connectivity index is 2.69. The fourth-order valence-corrected chi connectivity index (χ4v) is 2.26. The molecular formula is C10H12N4O3S. The summed E-state index contributed by atoms with van der Waals surface area (Å²) >= 11 is 0. The van der Waals surface area contributed by atoms with Gasteiger partial charge in [0.05, 0.1) is 16.5 Å². The van der Waals surface area contributed by atoms with Crippen LogP contribution in [0.15, 0.2) is 29.2 Å². The monoisotopic (exact) mass is 268 g/mol. The van der Waals surface area contributed by atoms with Crippen molar-refractivity contribution in [2.75, 3.05) is 13.1 Å². The summed E-state index contributed by atoms with van der Waals surface area (Å²) in [5.41, 5.74) is 5.09. The van der Waals surface area contributed by atoms with Gasteiger partial charge in [-0.05, 0) is 18.2 Å². The average Bonchev–Trinajstić information content (AvgIpc) is 2.34. The second-order valence-electron chi connectivity index (χ2n) is 3.33. The summed E-state index contributed by atoms with van der Waals surface area (Å²) in [4.78, 5) is 10.4. The lowest BCUT2D eigenvalue weighted by atomic mass is 10.2. The highest BCUT2D eigenvalue weighted by molar-refractivity contribution is 7.89. The maximum atomic E-state index is 11.8. The quantitative estimate of drug-likeness (QED) is 0.623. The second-order valence-corrected chi connectivity index (χ2v) is 5.10. The van der Waals surface area contributed by atoms with Crippen LogP contribution in [0.1, 0.15) is 5.56 Å². The van der Waals surface area contributed by atoms with E-state index in [1.165, 1.54) is 24.3 Å². The summed E-state index contributed by atoms with van der Waals surface area (Å²) in [6.07, 6.45) is 0. The molecule has 1 rings (SSSR count). The summed E-state index contributed by atoms with van der Waals surface area (Å²) in [6.45, 7) is 0.106. The van der Waals surface area contributed by atoms with Gasteiger partial charge in [-0.2, -0.15) is 5.26 Å². The number of carbonyl (C=O) groups excluding carboxylic acids is 1. The van der Waals surface area contributed by atoms with Gasteiger partial charge in [-0.1, -0.05) is 6.07 Å². The minimum Gasteiger partial charge on any atom is -0.352 e. The number of nitrogens with zero attached hydrogens (tertiary/aromatic N) is 1. The van der Waals surface area contributed by atoms with Gasteiger partial charge in [-0.15, -0.1) is 0 Å². The molecule has 1 aromatic carbocycles. The molecule has 0 atom stereocenters. The molecule has 0 bridgehead atoms. The van der Waals surface area contributed by atoms with Gasteiger partial charge in [0.1, 0.15) is 0 Å². The first-order valence-corrected chi connectivity index (χ1v) is 6.47. The number of hydrogen-bond donors (Lipinski definition) is 3. The molecule has 4 N–H and O–H groups in total. The minimum absolute atomic E-state index is 0.000579. The number of hydrogen-bond acceptors (Lipinski definition) is 4. The maximum absolute atomic E-state index is 11.8. The molecule has 18 heavy (non-hydrogen) atoms. The molecule has 0 aliphatic carbocycles. The Hall–Kier alpha value is -2.11. The Labute approximate surface area is 105 Å². The molecule has 1 aromatic rings. The Morgan fingerprint density at radius 3 is 2.72 bits per heavy atom. The fourth-order valence-electron chi connectivity index (χ4n) is 1.19. The molecule has 2 amide bonds. The van der Waals surface area contributed by atoms with Crippen LogP contribution in [0.5, 0.6) is 0 Å². The Morgan fingerprint density at radius 1 is 1.39 bits per heavy atom. The first-order valence-electron chi connectivity index (χ1n) is 4.99. The molecule has 0 spiro atoms. The average molecular weight is 268 g/mol. The first kappa shape index (κ1) is 14.0. The summed E-state index contributed by atoms with van der Waals surface area (Å²) in [6, 6.07) is 6.77. The summed E-state index contributed by atoms with van der Waals surface area (Å²) < 4.78 is 25.8. The molecule has 0 aromatic heterocycles. The second kappa shape index (κ2) is 6.00. The standard InChI is InChI=1S/C10H12N4O3S/c11-7-8-2-1-3-9(6-8)18(16,17)14-5-4-13-10(12)15/h1-3,6,14H,4-5H2,(H3,12,13,15). The van der Waals surface area contributed by atoms with Gasteiger partial charge in [0.25, 0.3) is 0 Å². The Morgan fingerprint density at radius 2 is 2.11 bits per heavy atom. The van der Waals surface area contributed by atoms with E-state index in [0.29, 0.717) is 0 Å². The minimum atomic E-state index is -3.68. The lowest BCUT2D eigenvalue weighted by Crippen LogP contribution is -2.37. The van der Waals surface area contributed by atoms with Crippen molar-refractivity contribution in [3.05, 3.63) is 29.8 Å². The van der Waals surface area contributed by atoms with E-state index in [1.54, 1.807) is 0 Å². The van der Waals surface area contributed by atoms with E-state index >= 15 is 0 Å². The van der Waals surface area contributed by atoms with Crippen molar-refractivity contribution < 1.29 is 13.2 Å². The number of carbonyl (C=O) groups is 1. The van der Waals surface area contributed by atoms with Gasteiger partial charge in [0.2, 0.25) is 10.0 Å². The van der Waals surface area contributed by atoms with E-state index < -0.39 is 16.1 Å². The van der Waals surface area contributed by atoms with E-state index in [4.69, 9.17) is 11.0 Å². The third-order valence-corrected chi connectivity index (χ3v) is 3.45. The number of amides is 2. The number of rotatable bonds is 5. The Kier molecular flexibility index (Phi) is 4.65. The van der Waals surface area contributed by atoms with E-state index in [2.05, 4.69) is 10.0 Å². The molecule has 0 saturated carbocycles. The number of nitrogens with two attached hydrogens (primary N) is 1. The van der Waals surface area contributed by atoms with E-state index in [1.807, 2.05) is 6.07 Å². The van der Waals surface area contributed by atoms with Crippen molar-refractivity contribution in [1.29, 1.82) is 5.26 Å². The van der Waals surface area contributed by atoms with Crippen molar-refractivity contribution >= 4 is 16.1 Å². The lowest BCUT2D eigenvalue weighted by molar-refractivity contribution is 0.249. The smallest absolute Gasteiger partial charge is 0.312 e. The highest BCUT2D eigenvalue weighted by Gasteiger charge is 2.13. The maximum Gasteiger partial charge on any atom is 0.312 e. The van der Waals surface area contributed by atoms with Gasteiger partial charge in [-0.3, -0.25) is 0 Å². The molecule has 0 unspecified atom stereocenters. The number of sulfonamides is 1. The third-order valence-electron chi connectivity index (χ3n) is 1.99. The molecule has 0 aliphatic rings. The summed E-state index contributed by atoms with van der Waals surface area (Å²) in [5, 5.41) is 10.9. The van der Waals surface area contributed by atoms with Gasteiger partial charge in [-0.25, -0.2) is 17.9 Å². The largest absolute Gasteiger partial charge is 0.352 e. The zero-order chi connectivity index (χ0) is 13.6. The lowest BCUT2D eigenvalue weighted by Gasteiger charge is -2.07. The van der Waals surface area contributed by atoms with Crippen molar-refractivity contribution in [1.82, 2.24) is 10.0 Å². The number of primary amides is 1. The van der Waals surface area contributed by atoms with Crippen LogP contribution in [-0.4, -0.2) is 27.5 Å². The van der Waals surface area contributed by atoms with Crippen LogP contribution < -0.4 is 15.8 Å². The highest BCUT2D eigenvalue weighted by Crippen LogP contribution is 2.10. The van der Waals surface area contributed by atoms with E-state index in [-0.39, 0.29) is 23.5 Å². The summed E-state index contributed by atoms with van der Waals surface area (Å²) in [5.74, 6) is 0. The first-order chi connectivity index (χ1) is 8.45. The van der Waals surface area contributed by atoms with E-state index in [0.717, 1.165) is 0 Å². The van der Waals surface area contributed by atoms with Crippen molar-refractivity contribution in [2.45, 2.75) is 4.90 Å². The normalized spacial score (nSPS) is 10.6. The van der Waals surface area contributed by atoms with Crippen LogP contribution >= 0.6 is 0 Å². The fraction of sp³-hybridized carbons (Fsp3) is 0.200. The molecule has 0 fully saturated rings.